The monoisotopic (exact) mass is 476 g/mol. The van der Waals surface area contributed by atoms with Gasteiger partial charge in [-0.05, 0) is 71.0 Å². The number of rotatable bonds is 9. The predicted octanol–water partition coefficient (Wildman–Crippen LogP) is 7.51. The lowest BCUT2D eigenvalue weighted by Crippen LogP contribution is -2.13. The molecule has 1 N–H and O–H groups in total. The normalized spacial score (nSPS) is 12.5. The van der Waals surface area contributed by atoms with Crippen LogP contribution < -0.4 is 9.47 Å². The first kappa shape index (κ1) is 26.0. The molecule has 0 aromatic heterocycles. The minimum absolute atomic E-state index is 0.0360. The maximum absolute atomic E-state index is 14.9. The summed E-state index contributed by atoms with van der Waals surface area (Å²) in [5.74, 6) is -0.0475. The van der Waals surface area contributed by atoms with Gasteiger partial charge in [-0.2, -0.15) is 0 Å². The first-order valence-corrected chi connectivity index (χ1v) is 11.7. The van der Waals surface area contributed by atoms with Gasteiger partial charge in [0.1, 0.15) is 23.9 Å². The van der Waals surface area contributed by atoms with E-state index < -0.39 is 5.97 Å². The summed E-state index contributed by atoms with van der Waals surface area (Å²) >= 11 is 0. The lowest BCUT2D eigenvalue weighted by molar-refractivity contribution is -0.137. The number of aliphatic carboxylic acids is 1. The van der Waals surface area contributed by atoms with E-state index in [1.165, 1.54) is 6.07 Å². The zero-order chi connectivity index (χ0) is 25.6. The maximum atomic E-state index is 14.9. The summed E-state index contributed by atoms with van der Waals surface area (Å²) < 4.78 is 26.2. The molecule has 184 valence electrons. The number of hydrogen-bond acceptors (Lipinski definition) is 3. The zero-order valence-electron chi connectivity index (χ0n) is 21.0. The maximum Gasteiger partial charge on any atom is 0.304 e. The Labute approximate surface area is 207 Å². The van der Waals surface area contributed by atoms with Crippen LogP contribution in [0.2, 0.25) is 0 Å². The molecule has 0 saturated carbocycles. The first-order chi connectivity index (χ1) is 16.6. The van der Waals surface area contributed by atoms with Crippen LogP contribution in [-0.2, 0) is 16.8 Å². The molecule has 5 heteroatoms. The van der Waals surface area contributed by atoms with E-state index in [2.05, 4.69) is 20.8 Å². The van der Waals surface area contributed by atoms with Crippen molar-refractivity contribution in [1.82, 2.24) is 0 Å². The average Bonchev–Trinajstić information content (AvgIpc) is 2.82. The van der Waals surface area contributed by atoms with Crippen molar-refractivity contribution >= 4 is 5.97 Å². The van der Waals surface area contributed by atoms with E-state index in [0.29, 0.717) is 23.7 Å². The molecule has 0 amide bonds. The Hall–Kier alpha value is -3.60. The van der Waals surface area contributed by atoms with Crippen LogP contribution in [0.4, 0.5) is 4.39 Å². The molecule has 3 rings (SSSR count). The predicted molar refractivity (Wildman–Crippen MR) is 138 cm³/mol. The highest BCUT2D eigenvalue weighted by atomic mass is 19.1. The number of carboxylic acid groups (broad SMARTS) is 1. The molecular weight excluding hydrogens is 443 g/mol. The smallest absolute Gasteiger partial charge is 0.304 e. The SMILES string of the molecule is CC=C[C@@H](CC(=O)O)c1ccc(OCc2ccc(C(C)(C)C)c(-c3cc(OC)ccc3F)c2)cc1. The molecule has 1 atom stereocenters. The molecule has 0 aliphatic heterocycles. The lowest BCUT2D eigenvalue weighted by atomic mass is 9.81. The fourth-order valence-electron chi connectivity index (χ4n) is 4.09. The van der Waals surface area contributed by atoms with E-state index in [-0.39, 0.29) is 23.6 Å². The number of benzene rings is 3. The van der Waals surface area contributed by atoms with Gasteiger partial charge < -0.3 is 14.6 Å². The van der Waals surface area contributed by atoms with Crippen molar-refractivity contribution in [3.05, 3.63) is 95.3 Å². The van der Waals surface area contributed by atoms with Crippen molar-refractivity contribution in [1.29, 1.82) is 0 Å². The highest BCUT2D eigenvalue weighted by Gasteiger charge is 2.21. The van der Waals surface area contributed by atoms with Crippen LogP contribution in [0.1, 0.15) is 56.7 Å². The van der Waals surface area contributed by atoms with Crippen LogP contribution in [0.5, 0.6) is 11.5 Å². The molecular formula is C30H33FO4. The molecule has 0 fully saturated rings. The molecule has 4 nitrogen and oxygen atoms in total. The Kier molecular flexibility index (Phi) is 8.34. The molecule has 0 heterocycles. The van der Waals surface area contributed by atoms with Gasteiger partial charge in [-0.25, -0.2) is 4.39 Å². The molecule has 0 bridgehead atoms. The van der Waals surface area contributed by atoms with Crippen molar-refractivity contribution in [3.63, 3.8) is 0 Å². The molecule has 0 radical (unpaired) electrons. The Morgan fingerprint density at radius 3 is 2.29 bits per heavy atom. The van der Waals surface area contributed by atoms with Crippen LogP contribution in [0.15, 0.2) is 72.8 Å². The Morgan fingerprint density at radius 1 is 1.00 bits per heavy atom. The number of allylic oxidation sites excluding steroid dienone is 2. The van der Waals surface area contributed by atoms with Gasteiger partial charge >= 0.3 is 5.97 Å². The Morgan fingerprint density at radius 2 is 1.69 bits per heavy atom. The number of methoxy groups -OCH3 is 1. The van der Waals surface area contributed by atoms with E-state index in [4.69, 9.17) is 14.6 Å². The van der Waals surface area contributed by atoms with Gasteiger partial charge in [0.25, 0.3) is 0 Å². The Bertz CT molecular complexity index is 1190. The number of carboxylic acids is 1. The summed E-state index contributed by atoms with van der Waals surface area (Å²) in [5, 5.41) is 9.17. The van der Waals surface area contributed by atoms with Crippen molar-refractivity contribution in [3.8, 4) is 22.6 Å². The van der Waals surface area contributed by atoms with Crippen molar-refractivity contribution in [2.45, 2.75) is 52.1 Å². The summed E-state index contributed by atoms with van der Waals surface area (Å²) in [7, 11) is 1.57. The average molecular weight is 477 g/mol. The van der Waals surface area contributed by atoms with Gasteiger partial charge in [0.15, 0.2) is 0 Å². The number of ether oxygens (including phenoxy) is 2. The van der Waals surface area contributed by atoms with Gasteiger partial charge in [0.2, 0.25) is 0 Å². The minimum atomic E-state index is -0.838. The van der Waals surface area contributed by atoms with Crippen molar-refractivity contribution < 1.29 is 23.8 Å². The molecule has 3 aromatic carbocycles. The van der Waals surface area contributed by atoms with Gasteiger partial charge in [0, 0.05) is 11.5 Å². The third-order valence-electron chi connectivity index (χ3n) is 5.89. The second-order valence-electron chi connectivity index (χ2n) is 9.56. The van der Waals surface area contributed by atoms with Crippen LogP contribution in [0, 0.1) is 5.82 Å². The molecule has 0 spiro atoms. The second kappa shape index (κ2) is 11.2. The van der Waals surface area contributed by atoms with Crippen LogP contribution in [0.3, 0.4) is 0 Å². The standard InChI is InChI=1S/C30H33FO4/c1-6-7-22(17-29(32)33)21-9-11-23(12-10-21)35-19-20-8-14-27(30(2,3)4)25(16-20)26-18-24(34-5)13-15-28(26)31/h6-16,18,22H,17,19H2,1-5H3,(H,32,33)/t22-/m0/s1. The summed E-state index contributed by atoms with van der Waals surface area (Å²) in [4.78, 5) is 11.2. The lowest BCUT2D eigenvalue weighted by Gasteiger charge is -2.24. The molecule has 0 aliphatic carbocycles. The fraction of sp³-hybridized carbons (Fsp3) is 0.300. The van der Waals surface area contributed by atoms with Crippen LogP contribution in [0.25, 0.3) is 11.1 Å². The van der Waals surface area contributed by atoms with E-state index in [9.17, 15) is 9.18 Å². The van der Waals surface area contributed by atoms with E-state index in [1.54, 1.807) is 19.2 Å². The highest BCUT2D eigenvalue weighted by molar-refractivity contribution is 5.71. The molecule has 0 aliphatic rings. The minimum Gasteiger partial charge on any atom is -0.497 e. The molecule has 0 unspecified atom stereocenters. The number of carbonyl (C=O) groups is 1. The van der Waals surface area contributed by atoms with Gasteiger partial charge in [-0.1, -0.05) is 57.2 Å². The van der Waals surface area contributed by atoms with Gasteiger partial charge in [-0.3, -0.25) is 4.79 Å². The van der Waals surface area contributed by atoms with Crippen LogP contribution >= 0.6 is 0 Å². The Balaban J connectivity index is 1.85. The van der Waals surface area contributed by atoms with E-state index >= 15 is 0 Å². The largest absolute Gasteiger partial charge is 0.497 e. The number of halogens is 1. The van der Waals surface area contributed by atoms with E-state index in [0.717, 1.165) is 22.3 Å². The van der Waals surface area contributed by atoms with Crippen LogP contribution in [-0.4, -0.2) is 18.2 Å². The fourth-order valence-corrected chi connectivity index (χ4v) is 4.09. The quantitative estimate of drug-likeness (QED) is 0.325. The van der Waals surface area contributed by atoms with Crippen molar-refractivity contribution in [2.24, 2.45) is 0 Å². The zero-order valence-corrected chi connectivity index (χ0v) is 21.0. The number of hydrogen-bond donors (Lipinski definition) is 1. The van der Waals surface area contributed by atoms with E-state index in [1.807, 2.05) is 61.5 Å². The summed E-state index contributed by atoms with van der Waals surface area (Å²) in [6.45, 7) is 8.51. The summed E-state index contributed by atoms with van der Waals surface area (Å²) in [5.41, 5.74) is 3.99. The molecule has 0 saturated heterocycles. The first-order valence-electron chi connectivity index (χ1n) is 11.7. The van der Waals surface area contributed by atoms with Crippen molar-refractivity contribution in [2.75, 3.05) is 7.11 Å². The topological polar surface area (TPSA) is 55.8 Å². The van der Waals surface area contributed by atoms with Gasteiger partial charge in [-0.15, -0.1) is 0 Å². The molecule has 35 heavy (non-hydrogen) atoms. The highest BCUT2D eigenvalue weighted by Crippen LogP contribution is 2.37. The summed E-state index contributed by atoms with van der Waals surface area (Å²) in [6, 6.07) is 18.3. The third-order valence-corrected chi connectivity index (χ3v) is 5.89. The molecule has 3 aromatic rings. The van der Waals surface area contributed by atoms with Gasteiger partial charge in [0.05, 0.1) is 13.5 Å². The third kappa shape index (κ3) is 6.72. The second-order valence-corrected chi connectivity index (χ2v) is 9.56. The summed E-state index contributed by atoms with van der Waals surface area (Å²) in [6.07, 6.45) is 3.79.